The van der Waals surface area contributed by atoms with E-state index in [1.54, 1.807) is 6.08 Å². The van der Waals surface area contributed by atoms with Gasteiger partial charge in [-0.2, -0.15) is 0 Å². The van der Waals surface area contributed by atoms with Gasteiger partial charge in [-0.25, -0.2) is 0 Å². The molecule has 0 aliphatic carbocycles. The quantitative estimate of drug-likeness (QED) is 0.0365. The molecule has 5 nitrogen and oxygen atoms in total. The molecule has 0 bridgehead atoms. The van der Waals surface area contributed by atoms with E-state index in [1.807, 2.05) is 6.08 Å². The molecule has 0 heterocycles. The molecule has 3 atom stereocenters. The zero-order chi connectivity index (χ0) is 41.5. The molecule has 0 saturated heterocycles. The van der Waals surface area contributed by atoms with Crippen molar-refractivity contribution in [1.82, 2.24) is 5.32 Å². The van der Waals surface area contributed by atoms with Crippen LogP contribution in [-0.4, -0.2) is 46.1 Å². The third-order valence-electron chi connectivity index (χ3n) is 11.6. The van der Waals surface area contributed by atoms with Gasteiger partial charge in [-0.15, -0.1) is 0 Å². The molecule has 0 saturated carbocycles. The highest BCUT2D eigenvalue weighted by atomic mass is 16.3. The van der Waals surface area contributed by atoms with Gasteiger partial charge in [0.05, 0.1) is 31.3 Å². The topological polar surface area (TPSA) is 89.8 Å². The van der Waals surface area contributed by atoms with Crippen LogP contribution in [0.3, 0.4) is 0 Å². The molecule has 1 amide bonds. The Morgan fingerprint density at radius 3 is 1.12 bits per heavy atom. The Hall–Kier alpha value is -1.43. The van der Waals surface area contributed by atoms with Crippen LogP contribution in [0, 0.1) is 0 Å². The molecule has 57 heavy (non-hydrogen) atoms. The molecule has 0 aromatic carbocycles. The van der Waals surface area contributed by atoms with Crippen LogP contribution in [0.5, 0.6) is 0 Å². The van der Waals surface area contributed by atoms with Crippen LogP contribution in [0.2, 0.25) is 0 Å². The lowest BCUT2D eigenvalue weighted by atomic mass is 10.0. The fourth-order valence-corrected chi connectivity index (χ4v) is 7.76. The highest BCUT2D eigenvalue weighted by molar-refractivity contribution is 5.76. The first-order chi connectivity index (χ1) is 28.0. The maximum absolute atomic E-state index is 12.5. The fraction of sp³-hybridized carbons (Fsp3) is 0.865. The summed E-state index contributed by atoms with van der Waals surface area (Å²) in [5.74, 6) is -0.325. The van der Waals surface area contributed by atoms with Gasteiger partial charge in [0, 0.05) is 0 Å². The summed E-state index contributed by atoms with van der Waals surface area (Å²) in [5.41, 5.74) is 0. The van der Waals surface area contributed by atoms with Crippen LogP contribution in [0.4, 0.5) is 0 Å². The maximum Gasteiger partial charge on any atom is 0.222 e. The lowest BCUT2D eigenvalue weighted by molar-refractivity contribution is -0.124. The van der Waals surface area contributed by atoms with Gasteiger partial charge in [0.15, 0.2) is 0 Å². The van der Waals surface area contributed by atoms with Gasteiger partial charge in [0.1, 0.15) is 0 Å². The van der Waals surface area contributed by atoms with Crippen LogP contribution >= 0.6 is 0 Å². The predicted octanol–water partition coefficient (Wildman–Crippen LogP) is 15.1. The SMILES string of the molecule is CCCCCCCCCCCCC/C=C/CC/C=C/C(O)C(CO)NC(=O)CC(O)CCCCCCCCCCC/C=C\CCCCCCCCCCCCCC. The number of hydrogen-bond acceptors (Lipinski definition) is 4. The summed E-state index contributed by atoms with van der Waals surface area (Å²) in [6.07, 6.45) is 60.3. The second-order valence-corrected chi connectivity index (χ2v) is 17.4. The Morgan fingerprint density at radius 2 is 0.754 bits per heavy atom. The maximum atomic E-state index is 12.5. The van der Waals surface area contributed by atoms with Crippen LogP contribution in [0.15, 0.2) is 36.5 Å². The van der Waals surface area contributed by atoms with Crippen LogP contribution in [0.25, 0.3) is 0 Å². The number of carbonyl (C=O) groups excluding carboxylic acids is 1. The summed E-state index contributed by atoms with van der Waals surface area (Å²) >= 11 is 0. The van der Waals surface area contributed by atoms with Crippen molar-refractivity contribution in [3.63, 3.8) is 0 Å². The van der Waals surface area contributed by atoms with Crippen LogP contribution in [0.1, 0.15) is 264 Å². The third kappa shape index (κ3) is 44.0. The number of hydrogen-bond donors (Lipinski definition) is 4. The molecule has 336 valence electrons. The van der Waals surface area contributed by atoms with E-state index in [2.05, 4.69) is 43.5 Å². The van der Waals surface area contributed by atoms with Gasteiger partial charge < -0.3 is 20.6 Å². The summed E-state index contributed by atoms with van der Waals surface area (Å²) in [6, 6.07) is -0.761. The molecule has 5 heteroatoms. The zero-order valence-electron chi connectivity index (χ0n) is 38.2. The van der Waals surface area contributed by atoms with Crippen molar-refractivity contribution in [3.05, 3.63) is 36.5 Å². The molecular formula is C52H99NO4. The number of unbranched alkanes of at least 4 members (excludes halogenated alkanes) is 33. The van der Waals surface area contributed by atoms with Gasteiger partial charge in [0.25, 0.3) is 0 Å². The van der Waals surface area contributed by atoms with Crippen LogP contribution in [-0.2, 0) is 4.79 Å². The molecule has 3 unspecified atom stereocenters. The predicted molar refractivity (Wildman–Crippen MR) is 250 cm³/mol. The first-order valence-electron chi connectivity index (χ1n) is 25.3. The van der Waals surface area contributed by atoms with Crippen molar-refractivity contribution in [2.45, 2.75) is 283 Å². The molecule has 0 rings (SSSR count). The zero-order valence-corrected chi connectivity index (χ0v) is 38.2. The van der Waals surface area contributed by atoms with E-state index in [-0.39, 0.29) is 18.9 Å². The highest BCUT2D eigenvalue weighted by Crippen LogP contribution is 2.16. The van der Waals surface area contributed by atoms with Crippen molar-refractivity contribution in [2.75, 3.05) is 6.61 Å². The minimum Gasteiger partial charge on any atom is -0.394 e. The summed E-state index contributed by atoms with van der Waals surface area (Å²) in [4.78, 5) is 12.5. The van der Waals surface area contributed by atoms with E-state index < -0.39 is 18.2 Å². The lowest BCUT2D eigenvalue weighted by Gasteiger charge is -2.21. The van der Waals surface area contributed by atoms with Gasteiger partial charge in [-0.1, -0.05) is 237 Å². The summed E-state index contributed by atoms with van der Waals surface area (Å²) in [6.45, 7) is 4.22. The van der Waals surface area contributed by atoms with Gasteiger partial charge in [0.2, 0.25) is 5.91 Å². The van der Waals surface area contributed by atoms with Crippen molar-refractivity contribution in [2.24, 2.45) is 0 Å². The highest BCUT2D eigenvalue weighted by Gasteiger charge is 2.20. The molecule has 0 aliphatic heterocycles. The summed E-state index contributed by atoms with van der Waals surface area (Å²) in [7, 11) is 0. The Bertz CT molecular complexity index is 885. The summed E-state index contributed by atoms with van der Waals surface area (Å²) in [5, 5.41) is 33.3. The Kier molecular flexibility index (Phi) is 46.1. The Labute approximate surface area is 355 Å². The van der Waals surface area contributed by atoms with E-state index in [0.29, 0.717) is 6.42 Å². The molecule has 0 spiro atoms. The average molecular weight is 802 g/mol. The van der Waals surface area contributed by atoms with E-state index in [9.17, 15) is 20.1 Å². The molecular weight excluding hydrogens is 703 g/mol. The first-order valence-corrected chi connectivity index (χ1v) is 25.3. The van der Waals surface area contributed by atoms with Gasteiger partial charge in [-0.3, -0.25) is 4.79 Å². The largest absolute Gasteiger partial charge is 0.394 e. The van der Waals surface area contributed by atoms with Crippen molar-refractivity contribution < 1.29 is 20.1 Å². The first kappa shape index (κ1) is 55.6. The number of carbonyl (C=O) groups is 1. The van der Waals surface area contributed by atoms with E-state index in [0.717, 1.165) is 32.1 Å². The lowest BCUT2D eigenvalue weighted by Crippen LogP contribution is -2.45. The molecule has 0 fully saturated rings. The molecule has 4 N–H and O–H groups in total. The Balaban J connectivity index is 3.62. The van der Waals surface area contributed by atoms with Crippen molar-refractivity contribution in [3.8, 4) is 0 Å². The molecule has 0 aromatic heterocycles. The van der Waals surface area contributed by atoms with Crippen LogP contribution < -0.4 is 5.32 Å². The van der Waals surface area contributed by atoms with Gasteiger partial charge in [-0.05, 0) is 57.8 Å². The number of aliphatic hydroxyl groups is 3. The number of allylic oxidation sites excluding steroid dienone is 5. The fourth-order valence-electron chi connectivity index (χ4n) is 7.76. The normalized spacial score (nSPS) is 13.7. The Morgan fingerprint density at radius 1 is 0.439 bits per heavy atom. The average Bonchev–Trinajstić information content (AvgIpc) is 3.20. The van der Waals surface area contributed by atoms with E-state index in [1.165, 1.54) is 205 Å². The standard InChI is InChI=1S/C52H99NO4/c1-3-5-7-9-11-13-15-17-19-21-22-23-24-25-26-27-28-30-31-33-35-37-39-41-43-45-49(55)47-52(57)53-50(48-54)51(56)46-44-42-40-38-36-34-32-29-20-18-16-14-12-10-8-6-4-2/h25-26,36,38,44,46,49-51,54-56H,3-24,27-35,37,39-43,45,47-48H2,1-2H3,(H,53,57)/b26-25-,38-36+,46-44+. The number of nitrogens with one attached hydrogen (secondary N) is 1. The van der Waals surface area contributed by atoms with Gasteiger partial charge >= 0.3 is 0 Å². The monoisotopic (exact) mass is 802 g/mol. The van der Waals surface area contributed by atoms with E-state index >= 15 is 0 Å². The molecule has 0 radical (unpaired) electrons. The molecule has 0 aromatic rings. The molecule has 0 aliphatic rings. The second kappa shape index (κ2) is 47.3. The third-order valence-corrected chi connectivity index (χ3v) is 11.6. The minimum atomic E-state index is -0.952. The minimum absolute atomic E-state index is 0.00540. The van der Waals surface area contributed by atoms with Crippen molar-refractivity contribution in [1.29, 1.82) is 0 Å². The number of aliphatic hydroxyl groups excluding tert-OH is 3. The smallest absolute Gasteiger partial charge is 0.222 e. The van der Waals surface area contributed by atoms with Crippen molar-refractivity contribution >= 4 is 5.91 Å². The number of amides is 1. The van der Waals surface area contributed by atoms with E-state index in [4.69, 9.17) is 0 Å². The number of rotatable bonds is 46. The second-order valence-electron chi connectivity index (χ2n) is 17.4. The summed E-state index contributed by atoms with van der Waals surface area (Å²) < 4.78 is 0.